The molecule has 0 aliphatic rings. The highest BCUT2D eigenvalue weighted by Gasteiger charge is 2.35. The normalized spacial score (nSPS) is 11.8. The van der Waals surface area contributed by atoms with Crippen LogP contribution in [0.25, 0.3) is 11.4 Å². The number of nitrogens with two attached hydrogens (primary N) is 1. The summed E-state index contributed by atoms with van der Waals surface area (Å²) in [6.45, 7) is 0.0311. The standard InChI is InChI=1S/C10H7ClF3N3O/c11-10(13,14)9-16-8(17-18-9)5-1-2-6(4-15)7(12)3-5/h1-3H,4,15H2. The second-order valence-corrected chi connectivity index (χ2v) is 3.91. The van der Waals surface area contributed by atoms with Gasteiger partial charge in [-0.1, -0.05) is 17.3 Å². The largest absolute Gasteiger partial charge is 0.400 e. The van der Waals surface area contributed by atoms with Crippen LogP contribution in [0.5, 0.6) is 0 Å². The van der Waals surface area contributed by atoms with E-state index in [-0.39, 0.29) is 17.9 Å². The van der Waals surface area contributed by atoms with Crippen molar-refractivity contribution in [3.8, 4) is 11.4 Å². The van der Waals surface area contributed by atoms with Crippen LogP contribution in [0.4, 0.5) is 13.2 Å². The molecule has 2 rings (SSSR count). The third-order valence-corrected chi connectivity index (χ3v) is 2.36. The van der Waals surface area contributed by atoms with Gasteiger partial charge in [-0.05, 0) is 17.7 Å². The molecular weight excluding hydrogens is 271 g/mol. The van der Waals surface area contributed by atoms with Crippen molar-refractivity contribution in [3.05, 3.63) is 35.5 Å². The highest BCUT2D eigenvalue weighted by molar-refractivity contribution is 6.21. The van der Waals surface area contributed by atoms with Crippen LogP contribution in [-0.4, -0.2) is 10.1 Å². The quantitative estimate of drug-likeness (QED) is 0.876. The first kappa shape index (κ1) is 12.8. The first-order valence-corrected chi connectivity index (χ1v) is 5.19. The van der Waals surface area contributed by atoms with Crippen molar-refractivity contribution in [1.82, 2.24) is 10.1 Å². The van der Waals surface area contributed by atoms with Gasteiger partial charge in [0.05, 0.1) is 0 Å². The predicted octanol–water partition coefficient (Wildman–Crippen LogP) is 2.62. The minimum absolute atomic E-state index is 0.0311. The minimum Gasteiger partial charge on any atom is -0.331 e. The summed E-state index contributed by atoms with van der Waals surface area (Å²) in [6, 6.07) is 3.95. The molecule has 96 valence electrons. The molecule has 0 saturated heterocycles. The number of alkyl halides is 3. The number of hydrogen-bond donors (Lipinski definition) is 1. The molecule has 1 aromatic heterocycles. The maximum Gasteiger partial charge on any atom is 0.400 e. The molecule has 0 aliphatic carbocycles. The Kier molecular flexibility index (Phi) is 3.27. The van der Waals surface area contributed by atoms with Gasteiger partial charge in [0, 0.05) is 17.7 Å². The Morgan fingerprint density at radius 2 is 2.11 bits per heavy atom. The second kappa shape index (κ2) is 4.58. The molecule has 0 radical (unpaired) electrons. The Hall–Kier alpha value is -1.60. The Labute approximate surface area is 105 Å². The number of hydrogen-bond acceptors (Lipinski definition) is 4. The molecular formula is C10H7ClF3N3O. The highest BCUT2D eigenvalue weighted by atomic mass is 35.5. The van der Waals surface area contributed by atoms with Gasteiger partial charge in [0.15, 0.2) is 0 Å². The van der Waals surface area contributed by atoms with E-state index in [9.17, 15) is 13.2 Å². The molecule has 0 bridgehead atoms. The van der Waals surface area contributed by atoms with Crippen LogP contribution in [0.2, 0.25) is 0 Å². The molecule has 1 heterocycles. The van der Waals surface area contributed by atoms with Crippen molar-refractivity contribution in [1.29, 1.82) is 0 Å². The van der Waals surface area contributed by atoms with Crippen LogP contribution in [0, 0.1) is 5.82 Å². The number of rotatable bonds is 3. The Morgan fingerprint density at radius 3 is 2.61 bits per heavy atom. The predicted molar refractivity (Wildman–Crippen MR) is 57.3 cm³/mol. The lowest BCUT2D eigenvalue weighted by Crippen LogP contribution is -2.03. The zero-order valence-corrected chi connectivity index (χ0v) is 9.59. The van der Waals surface area contributed by atoms with E-state index in [0.717, 1.165) is 6.07 Å². The third-order valence-electron chi connectivity index (χ3n) is 2.20. The Morgan fingerprint density at radius 1 is 1.39 bits per heavy atom. The molecule has 0 atom stereocenters. The number of benzene rings is 1. The molecule has 0 unspecified atom stereocenters. The summed E-state index contributed by atoms with van der Waals surface area (Å²) in [7, 11) is 0. The molecule has 0 fully saturated rings. The monoisotopic (exact) mass is 277 g/mol. The van der Waals surface area contributed by atoms with Gasteiger partial charge in [0.2, 0.25) is 5.82 Å². The average Bonchev–Trinajstić information content (AvgIpc) is 2.77. The van der Waals surface area contributed by atoms with E-state index in [4.69, 9.17) is 17.3 Å². The van der Waals surface area contributed by atoms with Crippen LogP contribution < -0.4 is 5.73 Å². The molecule has 1 aromatic carbocycles. The Balaban J connectivity index is 2.38. The summed E-state index contributed by atoms with van der Waals surface area (Å²) in [5.74, 6) is -1.78. The lowest BCUT2D eigenvalue weighted by atomic mass is 10.1. The fraction of sp³-hybridized carbons (Fsp3) is 0.200. The van der Waals surface area contributed by atoms with Crippen LogP contribution >= 0.6 is 11.6 Å². The maximum atomic E-state index is 13.4. The van der Waals surface area contributed by atoms with Crippen molar-refractivity contribution in [3.63, 3.8) is 0 Å². The SMILES string of the molecule is NCc1ccc(-c2noc(C(F)(F)Cl)n2)cc1F. The molecule has 0 saturated carbocycles. The molecule has 2 N–H and O–H groups in total. The molecule has 4 nitrogen and oxygen atoms in total. The van der Waals surface area contributed by atoms with Gasteiger partial charge in [-0.15, -0.1) is 0 Å². The van der Waals surface area contributed by atoms with Gasteiger partial charge in [-0.2, -0.15) is 13.8 Å². The highest BCUT2D eigenvalue weighted by Crippen LogP contribution is 2.32. The van der Waals surface area contributed by atoms with Crippen molar-refractivity contribution in [2.45, 2.75) is 11.9 Å². The number of nitrogens with zero attached hydrogens (tertiary/aromatic N) is 2. The van der Waals surface area contributed by atoms with Crippen LogP contribution in [0.15, 0.2) is 22.7 Å². The summed E-state index contributed by atoms with van der Waals surface area (Å²) in [5.41, 5.74) is 5.79. The zero-order chi connectivity index (χ0) is 13.3. The molecule has 0 amide bonds. The summed E-state index contributed by atoms with van der Waals surface area (Å²) in [4.78, 5) is 3.39. The maximum absolute atomic E-state index is 13.4. The van der Waals surface area contributed by atoms with Gasteiger partial charge >= 0.3 is 11.3 Å². The van der Waals surface area contributed by atoms with Gasteiger partial charge in [-0.25, -0.2) is 4.39 Å². The lowest BCUT2D eigenvalue weighted by Gasteiger charge is -2.01. The zero-order valence-electron chi connectivity index (χ0n) is 8.83. The van der Waals surface area contributed by atoms with Crippen molar-refractivity contribution in [2.24, 2.45) is 5.73 Å². The lowest BCUT2D eigenvalue weighted by molar-refractivity contribution is 0.0551. The van der Waals surface area contributed by atoms with Gasteiger partial charge in [0.1, 0.15) is 5.82 Å². The van der Waals surface area contributed by atoms with Gasteiger partial charge in [-0.3, -0.25) is 0 Å². The van der Waals surface area contributed by atoms with Gasteiger partial charge in [0.25, 0.3) is 0 Å². The van der Waals surface area contributed by atoms with Crippen molar-refractivity contribution >= 4 is 11.6 Å². The average molecular weight is 278 g/mol. The number of halogens is 4. The smallest absolute Gasteiger partial charge is 0.331 e. The van der Waals surface area contributed by atoms with E-state index in [1.165, 1.54) is 12.1 Å². The fourth-order valence-corrected chi connectivity index (χ4v) is 1.38. The van der Waals surface area contributed by atoms with E-state index < -0.39 is 17.1 Å². The van der Waals surface area contributed by atoms with E-state index in [2.05, 4.69) is 14.7 Å². The molecule has 8 heteroatoms. The third kappa shape index (κ3) is 2.46. The van der Waals surface area contributed by atoms with E-state index in [0.29, 0.717) is 5.56 Å². The van der Waals surface area contributed by atoms with Crippen molar-refractivity contribution in [2.75, 3.05) is 0 Å². The summed E-state index contributed by atoms with van der Waals surface area (Å²) in [5, 5.41) is -0.448. The number of aromatic nitrogens is 2. The summed E-state index contributed by atoms with van der Waals surface area (Å²) >= 11 is 4.72. The fourth-order valence-electron chi connectivity index (χ4n) is 1.31. The van der Waals surface area contributed by atoms with Crippen LogP contribution in [-0.2, 0) is 11.9 Å². The van der Waals surface area contributed by atoms with Crippen LogP contribution in [0.3, 0.4) is 0 Å². The minimum atomic E-state index is -3.75. The topological polar surface area (TPSA) is 64.9 Å². The van der Waals surface area contributed by atoms with E-state index in [1.54, 1.807) is 0 Å². The Bertz CT molecular complexity index is 568. The first-order chi connectivity index (χ1) is 8.41. The molecule has 0 spiro atoms. The van der Waals surface area contributed by atoms with Crippen LogP contribution in [0.1, 0.15) is 11.5 Å². The van der Waals surface area contributed by atoms with Gasteiger partial charge < -0.3 is 10.3 Å². The molecule has 2 aromatic rings. The molecule has 18 heavy (non-hydrogen) atoms. The van der Waals surface area contributed by atoms with Crippen molar-refractivity contribution < 1.29 is 17.7 Å². The summed E-state index contributed by atoms with van der Waals surface area (Å²) < 4.78 is 43.0. The second-order valence-electron chi connectivity index (χ2n) is 3.43. The first-order valence-electron chi connectivity index (χ1n) is 4.81. The summed E-state index contributed by atoms with van der Waals surface area (Å²) in [6.07, 6.45) is 0. The van der Waals surface area contributed by atoms with E-state index >= 15 is 0 Å². The molecule has 0 aliphatic heterocycles. The van der Waals surface area contributed by atoms with E-state index in [1.807, 2.05) is 0 Å².